The number of aromatic amines is 1. The normalized spacial score (nSPS) is 16.9. The van der Waals surface area contributed by atoms with Gasteiger partial charge in [-0.2, -0.15) is 0 Å². The van der Waals surface area contributed by atoms with Crippen LogP contribution in [0.25, 0.3) is 11.0 Å². The maximum atomic E-state index is 6.45. The van der Waals surface area contributed by atoms with Gasteiger partial charge in [0.2, 0.25) is 0 Å². The van der Waals surface area contributed by atoms with E-state index in [2.05, 4.69) is 25.6 Å². The molecule has 0 amide bonds. The third-order valence-electron chi connectivity index (χ3n) is 4.86. The van der Waals surface area contributed by atoms with Gasteiger partial charge in [-0.05, 0) is 50.0 Å². The maximum absolute atomic E-state index is 6.45. The molecule has 0 saturated carbocycles. The highest BCUT2D eigenvalue weighted by atomic mass is 35.5. The highest BCUT2D eigenvalue weighted by Crippen LogP contribution is 2.34. The first kappa shape index (κ1) is 16.6. The lowest BCUT2D eigenvalue weighted by Gasteiger charge is -2.39. The van der Waals surface area contributed by atoms with Crippen LogP contribution in [0.4, 0.5) is 5.82 Å². The molecule has 1 aliphatic rings. The van der Waals surface area contributed by atoms with Gasteiger partial charge < -0.3 is 15.6 Å². The summed E-state index contributed by atoms with van der Waals surface area (Å²) in [5.41, 5.74) is 1.77. The molecular formula is C18H19Cl2N5. The predicted octanol–water partition coefficient (Wildman–Crippen LogP) is 4.04. The Balaban J connectivity index is 1.70. The first-order valence-corrected chi connectivity index (χ1v) is 9.12. The number of H-pyrrole nitrogens is 1. The summed E-state index contributed by atoms with van der Waals surface area (Å²) < 4.78 is 0. The summed E-state index contributed by atoms with van der Waals surface area (Å²) in [6, 6.07) is 7.82. The fraction of sp³-hybridized carbons (Fsp3) is 0.333. The van der Waals surface area contributed by atoms with E-state index in [0.717, 1.165) is 54.8 Å². The molecule has 3 heterocycles. The van der Waals surface area contributed by atoms with Crippen molar-refractivity contribution >= 4 is 40.1 Å². The molecule has 4 rings (SSSR count). The lowest BCUT2D eigenvalue weighted by atomic mass is 9.82. The van der Waals surface area contributed by atoms with Crippen molar-refractivity contribution < 1.29 is 0 Å². The Kier molecular flexibility index (Phi) is 4.54. The van der Waals surface area contributed by atoms with Crippen LogP contribution in [0.2, 0.25) is 10.0 Å². The van der Waals surface area contributed by atoms with Gasteiger partial charge in [0.15, 0.2) is 0 Å². The van der Waals surface area contributed by atoms with Gasteiger partial charge in [-0.25, -0.2) is 9.97 Å². The summed E-state index contributed by atoms with van der Waals surface area (Å²) in [5, 5.41) is 9.37. The number of hydrogen-bond acceptors (Lipinski definition) is 4. The molecule has 1 saturated heterocycles. The molecule has 0 atom stereocenters. The van der Waals surface area contributed by atoms with E-state index in [9.17, 15) is 0 Å². The molecule has 3 aromatic rings. The molecule has 1 fully saturated rings. The van der Waals surface area contributed by atoms with Crippen molar-refractivity contribution in [3.8, 4) is 0 Å². The quantitative estimate of drug-likeness (QED) is 0.643. The lowest BCUT2D eigenvalue weighted by Crippen LogP contribution is -2.49. The minimum Gasteiger partial charge on any atom is -0.364 e. The molecule has 25 heavy (non-hydrogen) atoms. The van der Waals surface area contributed by atoms with Crippen LogP contribution in [0.3, 0.4) is 0 Å². The Hall–Kier alpha value is -1.82. The predicted molar refractivity (Wildman–Crippen MR) is 103 cm³/mol. The lowest BCUT2D eigenvalue weighted by molar-refractivity contribution is 0.335. The molecule has 130 valence electrons. The number of hydrogen-bond donors (Lipinski definition) is 3. The van der Waals surface area contributed by atoms with Gasteiger partial charge in [-0.15, -0.1) is 0 Å². The number of halogens is 2. The Bertz CT molecular complexity index is 886. The Labute approximate surface area is 156 Å². The summed E-state index contributed by atoms with van der Waals surface area (Å²) >= 11 is 12.7. The molecule has 0 radical (unpaired) electrons. The fourth-order valence-corrected chi connectivity index (χ4v) is 3.91. The average molecular weight is 376 g/mol. The van der Waals surface area contributed by atoms with E-state index in [-0.39, 0.29) is 5.54 Å². The molecule has 0 bridgehead atoms. The zero-order valence-electron chi connectivity index (χ0n) is 13.6. The second kappa shape index (κ2) is 6.83. The molecule has 1 aromatic carbocycles. The van der Waals surface area contributed by atoms with Gasteiger partial charge in [0.1, 0.15) is 17.8 Å². The van der Waals surface area contributed by atoms with Crippen LogP contribution in [0, 0.1) is 0 Å². The van der Waals surface area contributed by atoms with Gasteiger partial charge in [0, 0.05) is 11.7 Å². The summed E-state index contributed by atoms with van der Waals surface area (Å²) in [7, 11) is 0. The van der Waals surface area contributed by atoms with Crippen molar-refractivity contribution in [2.24, 2.45) is 0 Å². The summed E-state index contributed by atoms with van der Waals surface area (Å²) in [6.07, 6.45) is 6.22. The highest BCUT2D eigenvalue weighted by Gasteiger charge is 2.33. The van der Waals surface area contributed by atoms with Gasteiger partial charge in [0.25, 0.3) is 0 Å². The average Bonchev–Trinajstić information content (AvgIpc) is 3.10. The highest BCUT2D eigenvalue weighted by molar-refractivity contribution is 6.42. The van der Waals surface area contributed by atoms with Gasteiger partial charge >= 0.3 is 0 Å². The minimum atomic E-state index is -0.127. The second-order valence-electron chi connectivity index (χ2n) is 6.51. The van der Waals surface area contributed by atoms with Crippen molar-refractivity contribution in [3.63, 3.8) is 0 Å². The van der Waals surface area contributed by atoms with E-state index >= 15 is 0 Å². The number of piperidine rings is 1. The van der Waals surface area contributed by atoms with Crippen LogP contribution in [0.1, 0.15) is 18.4 Å². The third-order valence-corrected chi connectivity index (χ3v) is 5.72. The van der Waals surface area contributed by atoms with E-state index in [4.69, 9.17) is 23.2 Å². The zero-order chi connectivity index (χ0) is 17.3. The van der Waals surface area contributed by atoms with E-state index < -0.39 is 0 Å². The number of anilines is 1. The number of nitrogens with one attached hydrogen (secondary N) is 3. The van der Waals surface area contributed by atoms with Crippen LogP contribution >= 0.6 is 23.2 Å². The van der Waals surface area contributed by atoms with Crippen molar-refractivity contribution in [3.05, 3.63) is 52.4 Å². The number of fused-ring (bicyclic) bond motifs is 1. The first-order valence-electron chi connectivity index (χ1n) is 8.37. The van der Waals surface area contributed by atoms with Crippen molar-refractivity contribution in [2.45, 2.75) is 24.8 Å². The SMILES string of the molecule is Clc1cccc(CC2(Nc3ncnc4[nH]ccc34)CCNCC2)c1Cl. The standard InChI is InChI=1S/C18H19Cl2N5/c19-14-3-1-2-12(15(14)20)10-18(5-8-21-9-6-18)25-17-13-4-7-22-16(13)23-11-24-17/h1-4,7,11,21H,5-6,8-10H2,(H2,22,23,24,25). The Morgan fingerprint density at radius 3 is 2.80 bits per heavy atom. The molecular weight excluding hydrogens is 357 g/mol. The molecule has 5 nitrogen and oxygen atoms in total. The van der Waals surface area contributed by atoms with Crippen molar-refractivity contribution in [2.75, 3.05) is 18.4 Å². The van der Waals surface area contributed by atoms with Crippen molar-refractivity contribution in [1.82, 2.24) is 20.3 Å². The maximum Gasteiger partial charge on any atom is 0.142 e. The number of benzene rings is 1. The van der Waals surface area contributed by atoms with E-state index in [1.807, 2.05) is 30.5 Å². The van der Waals surface area contributed by atoms with Crippen molar-refractivity contribution in [1.29, 1.82) is 0 Å². The molecule has 3 N–H and O–H groups in total. The smallest absolute Gasteiger partial charge is 0.142 e. The largest absolute Gasteiger partial charge is 0.364 e. The topological polar surface area (TPSA) is 65.6 Å². The number of rotatable bonds is 4. The summed E-state index contributed by atoms with van der Waals surface area (Å²) in [5.74, 6) is 0.853. The van der Waals surface area contributed by atoms with E-state index in [1.165, 1.54) is 0 Å². The van der Waals surface area contributed by atoms with Crippen LogP contribution in [-0.4, -0.2) is 33.6 Å². The number of aromatic nitrogens is 3. The molecule has 0 spiro atoms. The monoisotopic (exact) mass is 375 g/mol. The molecule has 0 aliphatic carbocycles. The van der Waals surface area contributed by atoms with Gasteiger partial charge in [-0.3, -0.25) is 0 Å². The van der Waals surface area contributed by atoms with Crippen LogP contribution in [0.15, 0.2) is 36.8 Å². The van der Waals surface area contributed by atoms with E-state index in [1.54, 1.807) is 6.33 Å². The second-order valence-corrected chi connectivity index (χ2v) is 7.29. The fourth-order valence-electron chi connectivity index (χ4n) is 3.52. The number of nitrogens with zero attached hydrogens (tertiary/aromatic N) is 2. The van der Waals surface area contributed by atoms with Crippen LogP contribution < -0.4 is 10.6 Å². The van der Waals surface area contributed by atoms with E-state index in [0.29, 0.717) is 10.0 Å². The zero-order valence-corrected chi connectivity index (χ0v) is 15.2. The van der Waals surface area contributed by atoms with Gasteiger partial charge in [-0.1, -0.05) is 35.3 Å². The molecule has 0 unspecified atom stereocenters. The van der Waals surface area contributed by atoms with Crippen LogP contribution in [-0.2, 0) is 6.42 Å². The molecule has 1 aliphatic heterocycles. The molecule has 7 heteroatoms. The Morgan fingerprint density at radius 2 is 1.96 bits per heavy atom. The summed E-state index contributed by atoms with van der Waals surface area (Å²) in [6.45, 7) is 1.90. The van der Waals surface area contributed by atoms with Gasteiger partial charge in [0.05, 0.1) is 15.4 Å². The van der Waals surface area contributed by atoms with Crippen LogP contribution in [0.5, 0.6) is 0 Å². The Morgan fingerprint density at radius 1 is 1.12 bits per heavy atom. The minimum absolute atomic E-state index is 0.127. The third kappa shape index (κ3) is 3.32. The molecule has 2 aromatic heterocycles. The summed E-state index contributed by atoms with van der Waals surface area (Å²) in [4.78, 5) is 11.9. The first-order chi connectivity index (χ1) is 12.2.